The molecule has 1 aliphatic carbocycles. The number of H-pyrrole nitrogens is 1. The van der Waals surface area contributed by atoms with E-state index in [0.29, 0.717) is 17.6 Å². The molecule has 0 atom stereocenters. The van der Waals surface area contributed by atoms with E-state index in [1.165, 1.54) is 12.8 Å². The average Bonchev–Trinajstić information content (AvgIpc) is 3.12. The van der Waals surface area contributed by atoms with Crippen molar-refractivity contribution in [2.45, 2.75) is 32.2 Å². The van der Waals surface area contributed by atoms with Crippen LogP contribution in [0.3, 0.4) is 0 Å². The van der Waals surface area contributed by atoms with Gasteiger partial charge in [0, 0.05) is 29.4 Å². The lowest BCUT2D eigenvalue weighted by Crippen LogP contribution is -2.06. The van der Waals surface area contributed by atoms with Crippen molar-refractivity contribution in [3.63, 3.8) is 0 Å². The fourth-order valence-corrected chi connectivity index (χ4v) is 2.96. The molecule has 1 aliphatic rings. The van der Waals surface area contributed by atoms with E-state index in [9.17, 15) is 0 Å². The summed E-state index contributed by atoms with van der Waals surface area (Å²) < 4.78 is 1.65. The number of nitrogens with zero attached hydrogens (tertiary/aromatic N) is 5. The monoisotopic (exact) mass is 329 g/mol. The molecule has 7 nitrogen and oxygen atoms in total. The smallest absolute Gasteiger partial charge is 0.156 e. The molecule has 118 valence electrons. The number of nitrogens with one attached hydrogen (secondary N) is 2. The molecule has 0 unspecified atom stereocenters. The second-order valence-corrected chi connectivity index (χ2v) is 6.10. The molecule has 0 radical (unpaired) electrons. The maximum Gasteiger partial charge on any atom is 0.156 e. The van der Waals surface area contributed by atoms with Crippen molar-refractivity contribution in [3.05, 3.63) is 46.5 Å². The van der Waals surface area contributed by atoms with Gasteiger partial charge in [-0.15, -0.1) is 5.10 Å². The van der Waals surface area contributed by atoms with Gasteiger partial charge in [-0.2, -0.15) is 5.10 Å². The number of rotatable bonds is 5. The van der Waals surface area contributed by atoms with Crippen LogP contribution >= 0.6 is 11.6 Å². The Morgan fingerprint density at radius 2 is 2.26 bits per heavy atom. The summed E-state index contributed by atoms with van der Waals surface area (Å²) in [5.41, 5.74) is 5.27. The zero-order valence-electron chi connectivity index (χ0n) is 12.6. The quantitative estimate of drug-likeness (QED) is 0.752. The molecule has 1 fully saturated rings. The fourth-order valence-electron chi connectivity index (χ4n) is 2.75. The maximum atomic E-state index is 6.22. The summed E-state index contributed by atoms with van der Waals surface area (Å²) in [7, 11) is 0. The number of aromatic amines is 1. The standard InChI is InChI=1S/C15H16ClN7/c1-9-12(3-2-4-13(9)23-8-18-21-22-23)17-7-11-14(10-5-6-10)19-20-15(11)16/h2-4,8,10,17H,5-7H2,1H3,(H,19,20). The SMILES string of the molecule is Cc1c(NCc2c(Cl)n[nH]c2C2CC2)cccc1-n1cnnn1. The van der Waals surface area contributed by atoms with E-state index in [0.717, 1.165) is 28.2 Å². The van der Waals surface area contributed by atoms with Crippen LogP contribution < -0.4 is 5.32 Å². The second kappa shape index (κ2) is 5.66. The van der Waals surface area contributed by atoms with Crippen molar-refractivity contribution in [2.75, 3.05) is 5.32 Å². The molecule has 2 N–H and O–H groups in total. The molecule has 8 heteroatoms. The van der Waals surface area contributed by atoms with Gasteiger partial charge in [0.2, 0.25) is 0 Å². The van der Waals surface area contributed by atoms with Crippen LogP contribution in [0.15, 0.2) is 24.5 Å². The third kappa shape index (κ3) is 2.68. The molecule has 1 saturated carbocycles. The third-order valence-electron chi connectivity index (χ3n) is 4.19. The van der Waals surface area contributed by atoms with Crippen molar-refractivity contribution in [1.29, 1.82) is 0 Å². The van der Waals surface area contributed by atoms with Crippen molar-refractivity contribution >= 4 is 17.3 Å². The van der Waals surface area contributed by atoms with Gasteiger partial charge < -0.3 is 5.32 Å². The van der Waals surface area contributed by atoms with Gasteiger partial charge >= 0.3 is 0 Å². The molecule has 4 rings (SSSR count). The summed E-state index contributed by atoms with van der Waals surface area (Å²) in [6, 6.07) is 6.00. The highest BCUT2D eigenvalue weighted by Crippen LogP contribution is 2.42. The van der Waals surface area contributed by atoms with Gasteiger partial charge in [0.25, 0.3) is 0 Å². The number of aromatic nitrogens is 6. The number of benzene rings is 1. The van der Waals surface area contributed by atoms with E-state index >= 15 is 0 Å². The minimum atomic E-state index is 0.550. The summed E-state index contributed by atoms with van der Waals surface area (Å²) in [6.07, 6.45) is 4.00. The van der Waals surface area contributed by atoms with E-state index in [2.05, 4.69) is 31.0 Å². The third-order valence-corrected chi connectivity index (χ3v) is 4.50. The van der Waals surface area contributed by atoms with Gasteiger partial charge in [0.1, 0.15) is 6.33 Å². The van der Waals surface area contributed by atoms with Gasteiger partial charge in [0.05, 0.1) is 5.69 Å². The number of anilines is 1. The number of tetrazole rings is 1. The minimum Gasteiger partial charge on any atom is -0.381 e. The zero-order valence-corrected chi connectivity index (χ0v) is 13.4. The number of hydrogen-bond acceptors (Lipinski definition) is 5. The Balaban J connectivity index is 1.58. The fraction of sp³-hybridized carbons (Fsp3) is 0.333. The lowest BCUT2D eigenvalue weighted by molar-refractivity contribution is 0.785. The minimum absolute atomic E-state index is 0.550. The Morgan fingerprint density at radius 3 is 3.00 bits per heavy atom. The average molecular weight is 330 g/mol. The molecule has 3 aromatic rings. The van der Waals surface area contributed by atoms with Gasteiger partial charge in [-0.25, -0.2) is 4.68 Å². The number of halogens is 1. The van der Waals surface area contributed by atoms with Crippen molar-refractivity contribution in [3.8, 4) is 5.69 Å². The first-order chi connectivity index (χ1) is 11.2. The van der Waals surface area contributed by atoms with Crippen LogP contribution in [0.1, 0.15) is 35.6 Å². The summed E-state index contributed by atoms with van der Waals surface area (Å²) in [5, 5.41) is 22.5. The molecule has 1 aromatic carbocycles. The Bertz CT molecular complexity index is 820. The molecule has 2 heterocycles. The molecule has 0 amide bonds. The van der Waals surface area contributed by atoms with Crippen molar-refractivity contribution in [2.24, 2.45) is 0 Å². The predicted octanol–water partition coefficient (Wildman–Crippen LogP) is 2.84. The highest BCUT2D eigenvalue weighted by molar-refractivity contribution is 6.30. The van der Waals surface area contributed by atoms with Gasteiger partial charge in [-0.3, -0.25) is 5.10 Å². The molecular weight excluding hydrogens is 314 g/mol. The summed E-state index contributed by atoms with van der Waals surface area (Å²) in [4.78, 5) is 0. The predicted molar refractivity (Wildman–Crippen MR) is 86.8 cm³/mol. The van der Waals surface area contributed by atoms with Crippen molar-refractivity contribution in [1.82, 2.24) is 30.4 Å². The first-order valence-corrected chi connectivity index (χ1v) is 7.91. The largest absolute Gasteiger partial charge is 0.381 e. The first kappa shape index (κ1) is 14.2. The van der Waals surface area contributed by atoms with E-state index in [-0.39, 0.29) is 0 Å². The van der Waals surface area contributed by atoms with E-state index in [4.69, 9.17) is 11.6 Å². The Hall–Kier alpha value is -2.41. The molecule has 0 aliphatic heterocycles. The lowest BCUT2D eigenvalue weighted by atomic mass is 10.1. The maximum absolute atomic E-state index is 6.22. The van der Waals surface area contributed by atoms with Crippen LogP contribution in [0.2, 0.25) is 5.15 Å². The van der Waals surface area contributed by atoms with E-state index in [1.807, 2.05) is 25.1 Å². The van der Waals surface area contributed by atoms with Crippen LogP contribution in [0.4, 0.5) is 5.69 Å². The number of hydrogen-bond donors (Lipinski definition) is 2. The Labute approximate surface area is 138 Å². The lowest BCUT2D eigenvalue weighted by Gasteiger charge is -2.13. The van der Waals surface area contributed by atoms with E-state index in [1.54, 1.807) is 11.0 Å². The summed E-state index contributed by atoms with van der Waals surface area (Å²) >= 11 is 6.22. The molecule has 23 heavy (non-hydrogen) atoms. The summed E-state index contributed by atoms with van der Waals surface area (Å²) in [6.45, 7) is 2.68. The zero-order chi connectivity index (χ0) is 15.8. The van der Waals surface area contributed by atoms with Crippen LogP contribution in [-0.4, -0.2) is 30.4 Å². The Kier molecular flexibility index (Phi) is 3.49. The Morgan fingerprint density at radius 1 is 1.39 bits per heavy atom. The molecule has 0 spiro atoms. The normalized spacial score (nSPS) is 14.2. The topological polar surface area (TPSA) is 84.3 Å². The van der Waals surface area contributed by atoms with Gasteiger partial charge in [-0.1, -0.05) is 17.7 Å². The summed E-state index contributed by atoms with van der Waals surface area (Å²) in [5.74, 6) is 0.584. The molecule has 2 aromatic heterocycles. The van der Waals surface area contributed by atoms with Crippen LogP contribution in [0, 0.1) is 6.92 Å². The first-order valence-electron chi connectivity index (χ1n) is 7.53. The van der Waals surface area contributed by atoms with Crippen LogP contribution in [-0.2, 0) is 6.54 Å². The highest BCUT2D eigenvalue weighted by Gasteiger charge is 2.29. The molecular formula is C15H16ClN7. The van der Waals surface area contributed by atoms with Crippen LogP contribution in [0.25, 0.3) is 5.69 Å². The van der Waals surface area contributed by atoms with Crippen molar-refractivity contribution < 1.29 is 0 Å². The van der Waals surface area contributed by atoms with Crippen LogP contribution in [0.5, 0.6) is 0 Å². The molecule has 0 bridgehead atoms. The van der Waals surface area contributed by atoms with Gasteiger partial charge in [0.15, 0.2) is 5.15 Å². The highest BCUT2D eigenvalue weighted by atomic mass is 35.5. The van der Waals surface area contributed by atoms with E-state index < -0.39 is 0 Å². The molecule has 0 saturated heterocycles. The second-order valence-electron chi connectivity index (χ2n) is 5.74. The van der Waals surface area contributed by atoms with Gasteiger partial charge in [-0.05, 0) is 47.9 Å².